The van der Waals surface area contributed by atoms with E-state index >= 15 is 0 Å². The Morgan fingerprint density at radius 2 is 1.68 bits per heavy atom. The quantitative estimate of drug-likeness (QED) is 0.912. The van der Waals surface area contributed by atoms with Gasteiger partial charge in [-0.3, -0.25) is 9.69 Å². The Morgan fingerprint density at radius 3 is 2.40 bits per heavy atom. The molecule has 4 heteroatoms. The van der Waals surface area contributed by atoms with E-state index in [0.29, 0.717) is 0 Å². The first-order valence-corrected chi connectivity index (χ1v) is 9.03. The predicted octanol–water partition coefficient (Wildman–Crippen LogP) is 3.19. The van der Waals surface area contributed by atoms with E-state index in [9.17, 15) is 4.79 Å². The summed E-state index contributed by atoms with van der Waals surface area (Å²) in [5.41, 5.74) is 2.88. The Bertz CT molecular complexity index is 735. The predicted molar refractivity (Wildman–Crippen MR) is 98.5 cm³/mol. The molecule has 1 amide bonds. The molecule has 1 heterocycles. The highest BCUT2D eigenvalue weighted by Gasteiger charge is 2.51. The second kappa shape index (κ2) is 6.98. The van der Waals surface area contributed by atoms with Gasteiger partial charge in [0, 0.05) is 25.3 Å². The summed E-state index contributed by atoms with van der Waals surface area (Å²) in [5.74, 6) is 0.119. The molecule has 1 aliphatic carbocycles. The first kappa shape index (κ1) is 16.3. The molecule has 2 aromatic rings. The first-order valence-electron chi connectivity index (χ1n) is 9.03. The maximum Gasteiger partial charge on any atom is 0.235 e. The number of carbonyl (C=O) groups is 1. The van der Waals surface area contributed by atoms with Gasteiger partial charge < -0.3 is 10.1 Å². The van der Waals surface area contributed by atoms with E-state index in [2.05, 4.69) is 28.4 Å². The van der Waals surface area contributed by atoms with Crippen molar-refractivity contribution in [3.63, 3.8) is 0 Å². The topological polar surface area (TPSA) is 41.6 Å². The number of amides is 1. The zero-order valence-electron chi connectivity index (χ0n) is 14.4. The van der Waals surface area contributed by atoms with Crippen LogP contribution >= 0.6 is 0 Å². The highest BCUT2D eigenvalue weighted by molar-refractivity contribution is 6.01. The summed E-state index contributed by atoms with van der Waals surface area (Å²) >= 11 is 0. The van der Waals surface area contributed by atoms with E-state index < -0.39 is 0 Å². The van der Waals surface area contributed by atoms with Gasteiger partial charge in [-0.15, -0.1) is 0 Å². The summed E-state index contributed by atoms with van der Waals surface area (Å²) in [6, 6.07) is 18.3. The van der Waals surface area contributed by atoms with Crippen LogP contribution in [-0.4, -0.2) is 37.1 Å². The lowest BCUT2D eigenvalue weighted by Crippen LogP contribution is -2.36. The molecule has 0 bridgehead atoms. The minimum absolute atomic E-state index is 0.119. The molecule has 25 heavy (non-hydrogen) atoms. The van der Waals surface area contributed by atoms with E-state index in [0.717, 1.165) is 56.9 Å². The van der Waals surface area contributed by atoms with Crippen molar-refractivity contribution in [2.24, 2.45) is 0 Å². The fourth-order valence-electron chi connectivity index (χ4n) is 3.55. The fraction of sp³-hybridized carbons (Fsp3) is 0.381. The maximum absolute atomic E-state index is 13.0. The van der Waals surface area contributed by atoms with E-state index in [4.69, 9.17) is 4.74 Å². The molecule has 0 spiro atoms. The average Bonchev–Trinajstić information content (AvgIpc) is 3.47. The summed E-state index contributed by atoms with van der Waals surface area (Å²) < 4.78 is 5.42. The highest BCUT2D eigenvalue weighted by atomic mass is 16.5. The van der Waals surface area contributed by atoms with E-state index in [-0.39, 0.29) is 11.3 Å². The molecule has 2 fully saturated rings. The molecule has 1 saturated heterocycles. The Kier molecular flexibility index (Phi) is 4.55. The van der Waals surface area contributed by atoms with Crippen molar-refractivity contribution < 1.29 is 9.53 Å². The van der Waals surface area contributed by atoms with Gasteiger partial charge in [-0.1, -0.05) is 48.5 Å². The van der Waals surface area contributed by atoms with Crippen molar-refractivity contribution in [1.82, 2.24) is 4.90 Å². The smallest absolute Gasteiger partial charge is 0.235 e. The van der Waals surface area contributed by atoms with Crippen LogP contribution in [0, 0.1) is 0 Å². The van der Waals surface area contributed by atoms with Crippen LogP contribution < -0.4 is 5.32 Å². The molecule has 4 nitrogen and oxygen atoms in total. The molecule has 4 rings (SSSR count). The molecular formula is C21H24N2O2. The van der Waals surface area contributed by atoms with Crippen molar-refractivity contribution in [2.75, 3.05) is 31.6 Å². The van der Waals surface area contributed by atoms with Crippen LogP contribution in [0.2, 0.25) is 0 Å². The van der Waals surface area contributed by atoms with E-state index in [1.165, 1.54) is 5.56 Å². The number of hydrogen-bond acceptors (Lipinski definition) is 3. The van der Waals surface area contributed by atoms with Gasteiger partial charge in [-0.05, 0) is 30.0 Å². The number of ether oxygens (including phenoxy) is 1. The van der Waals surface area contributed by atoms with Gasteiger partial charge in [-0.2, -0.15) is 0 Å². The lowest BCUT2D eigenvalue weighted by atomic mass is 9.95. The number of anilines is 1. The Labute approximate surface area is 148 Å². The normalized spacial score (nSPS) is 19.4. The first-order chi connectivity index (χ1) is 12.3. The molecular weight excluding hydrogens is 312 g/mol. The zero-order valence-corrected chi connectivity index (χ0v) is 14.4. The standard InChI is InChI=1S/C21H24N2O2/c24-20(21(10-11-21)18-7-2-1-3-8-18)22-19-9-5-4-6-17(19)16-23-12-14-25-15-13-23/h1-9H,10-16H2,(H,22,24). The van der Waals surface area contributed by atoms with Crippen LogP contribution in [0.5, 0.6) is 0 Å². The van der Waals surface area contributed by atoms with Crippen LogP contribution in [0.4, 0.5) is 5.69 Å². The third-order valence-corrected chi connectivity index (χ3v) is 5.27. The van der Waals surface area contributed by atoms with E-state index in [1.807, 2.05) is 36.4 Å². The second-order valence-electron chi connectivity index (χ2n) is 6.95. The highest BCUT2D eigenvalue weighted by Crippen LogP contribution is 2.49. The lowest BCUT2D eigenvalue weighted by Gasteiger charge is -2.27. The largest absolute Gasteiger partial charge is 0.379 e. The number of hydrogen-bond donors (Lipinski definition) is 1. The Hall–Kier alpha value is -2.17. The SMILES string of the molecule is O=C(Nc1ccccc1CN1CCOCC1)C1(c2ccccc2)CC1. The molecule has 0 unspecified atom stereocenters. The van der Waals surface area contributed by atoms with Gasteiger partial charge in [-0.25, -0.2) is 0 Å². The van der Waals surface area contributed by atoms with Gasteiger partial charge in [0.15, 0.2) is 0 Å². The van der Waals surface area contributed by atoms with Gasteiger partial charge in [0.2, 0.25) is 5.91 Å². The number of nitrogens with zero attached hydrogens (tertiary/aromatic N) is 1. The summed E-state index contributed by atoms with van der Waals surface area (Å²) in [7, 11) is 0. The molecule has 1 saturated carbocycles. The Balaban J connectivity index is 1.50. The summed E-state index contributed by atoms with van der Waals surface area (Å²) in [6.07, 6.45) is 1.85. The van der Waals surface area contributed by atoms with Crippen LogP contribution in [0.25, 0.3) is 0 Å². The number of nitrogens with one attached hydrogen (secondary N) is 1. The number of carbonyl (C=O) groups excluding carboxylic acids is 1. The molecule has 2 aromatic carbocycles. The third-order valence-electron chi connectivity index (χ3n) is 5.27. The van der Waals surface area contributed by atoms with Crippen LogP contribution in [-0.2, 0) is 21.5 Å². The molecule has 0 aromatic heterocycles. The minimum Gasteiger partial charge on any atom is -0.379 e. The van der Waals surface area contributed by atoms with Crippen LogP contribution in [0.15, 0.2) is 54.6 Å². The van der Waals surface area contributed by atoms with E-state index in [1.54, 1.807) is 0 Å². The fourth-order valence-corrected chi connectivity index (χ4v) is 3.55. The van der Waals surface area contributed by atoms with Gasteiger partial charge >= 0.3 is 0 Å². The molecule has 2 aliphatic rings. The summed E-state index contributed by atoms with van der Waals surface area (Å²) in [6.45, 7) is 4.29. The number of para-hydroxylation sites is 1. The third kappa shape index (κ3) is 3.46. The van der Waals surface area contributed by atoms with Gasteiger partial charge in [0.05, 0.1) is 18.6 Å². The zero-order chi connectivity index (χ0) is 17.1. The van der Waals surface area contributed by atoms with Crippen molar-refractivity contribution in [3.8, 4) is 0 Å². The van der Waals surface area contributed by atoms with Crippen LogP contribution in [0.3, 0.4) is 0 Å². The lowest BCUT2D eigenvalue weighted by molar-refractivity contribution is -0.118. The molecule has 1 aliphatic heterocycles. The molecule has 0 atom stereocenters. The minimum atomic E-state index is -0.340. The molecule has 1 N–H and O–H groups in total. The molecule has 130 valence electrons. The second-order valence-corrected chi connectivity index (χ2v) is 6.95. The number of morpholine rings is 1. The van der Waals surface area contributed by atoms with Crippen LogP contribution in [0.1, 0.15) is 24.0 Å². The number of rotatable bonds is 5. The van der Waals surface area contributed by atoms with Crippen molar-refractivity contribution in [2.45, 2.75) is 24.8 Å². The molecule has 0 radical (unpaired) electrons. The summed E-state index contributed by atoms with van der Waals surface area (Å²) in [4.78, 5) is 15.4. The number of benzene rings is 2. The van der Waals surface area contributed by atoms with Gasteiger partial charge in [0.1, 0.15) is 0 Å². The average molecular weight is 336 g/mol. The monoisotopic (exact) mass is 336 g/mol. The maximum atomic E-state index is 13.0. The van der Waals surface area contributed by atoms with Crippen molar-refractivity contribution in [3.05, 3.63) is 65.7 Å². The van der Waals surface area contributed by atoms with Crippen molar-refractivity contribution >= 4 is 11.6 Å². The van der Waals surface area contributed by atoms with Crippen molar-refractivity contribution in [1.29, 1.82) is 0 Å². The summed E-state index contributed by atoms with van der Waals surface area (Å²) in [5, 5.41) is 3.20. The van der Waals surface area contributed by atoms with Gasteiger partial charge in [0.25, 0.3) is 0 Å². The Morgan fingerprint density at radius 1 is 1.00 bits per heavy atom.